The molecule has 2 rings (SSSR count). The molecule has 1 aliphatic heterocycles. The highest BCUT2D eigenvalue weighted by Gasteiger charge is 2.24. The smallest absolute Gasteiger partial charge is 0.251 e. The van der Waals surface area contributed by atoms with Crippen LogP contribution in [0.1, 0.15) is 15.9 Å². The van der Waals surface area contributed by atoms with Crippen LogP contribution in [0, 0.1) is 0 Å². The lowest BCUT2D eigenvalue weighted by atomic mass is 10.1. The van der Waals surface area contributed by atoms with Gasteiger partial charge >= 0.3 is 0 Å². The van der Waals surface area contributed by atoms with Gasteiger partial charge in [-0.15, -0.1) is 11.8 Å². The summed E-state index contributed by atoms with van der Waals surface area (Å²) in [5, 5.41) is 7.23. The summed E-state index contributed by atoms with van der Waals surface area (Å²) in [6, 6.07) is 0. The molecule has 15 heavy (non-hydrogen) atoms. The molecule has 0 atom stereocenters. The second kappa shape index (κ2) is 3.74. The van der Waals surface area contributed by atoms with E-state index in [4.69, 9.17) is 18.0 Å². The monoisotopic (exact) mass is 242 g/mol. The molecule has 1 aliphatic rings. The molecule has 0 saturated heterocycles. The predicted molar refractivity (Wildman–Crippen MR) is 64.2 cm³/mol. The Morgan fingerprint density at radius 1 is 1.60 bits per heavy atom. The van der Waals surface area contributed by atoms with E-state index in [2.05, 4.69) is 15.6 Å². The maximum atomic E-state index is 11.3. The summed E-state index contributed by atoms with van der Waals surface area (Å²) < 4.78 is 0. The largest absolute Gasteiger partial charge is 0.366 e. The minimum absolute atomic E-state index is 0.423. The van der Waals surface area contributed by atoms with Gasteiger partial charge in [-0.2, -0.15) is 0 Å². The first-order valence-electron chi connectivity index (χ1n) is 4.27. The second-order valence-electron chi connectivity index (χ2n) is 3.06. The highest BCUT2D eigenvalue weighted by molar-refractivity contribution is 7.98. The molecule has 0 radical (unpaired) electrons. The standard InChI is InChI=1S/C8H10N4OS2/c1-15-7-4(5(9)13)3-2-10-8(14)12-6(3)11-7/h11H,2H2,1H3,(H2,9,13)(H2,10,12,14). The van der Waals surface area contributed by atoms with Crippen molar-refractivity contribution in [2.45, 2.75) is 11.6 Å². The number of nitrogens with one attached hydrogen (secondary N) is 3. The summed E-state index contributed by atoms with van der Waals surface area (Å²) in [6.07, 6.45) is 1.88. The molecule has 1 amide bonds. The maximum Gasteiger partial charge on any atom is 0.251 e. The molecule has 1 aromatic heterocycles. The van der Waals surface area contributed by atoms with E-state index in [9.17, 15) is 4.79 Å². The number of aromatic amines is 1. The zero-order valence-corrected chi connectivity index (χ0v) is 9.64. The van der Waals surface area contributed by atoms with Gasteiger partial charge in [0.05, 0.1) is 10.6 Å². The Morgan fingerprint density at radius 3 is 2.93 bits per heavy atom. The first-order chi connectivity index (χ1) is 7.13. The van der Waals surface area contributed by atoms with Gasteiger partial charge < -0.3 is 21.4 Å². The minimum Gasteiger partial charge on any atom is -0.366 e. The Balaban J connectivity index is 2.53. The average Bonchev–Trinajstić information content (AvgIpc) is 2.54. The van der Waals surface area contributed by atoms with Crippen LogP contribution in [0.2, 0.25) is 0 Å². The number of amides is 1. The van der Waals surface area contributed by atoms with Crippen LogP contribution in [0.15, 0.2) is 5.03 Å². The highest BCUT2D eigenvalue weighted by Crippen LogP contribution is 2.30. The van der Waals surface area contributed by atoms with Crippen molar-refractivity contribution in [1.29, 1.82) is 0 Å². The number of anilines is 1. The number of thiocarbonyl (C=S) groups is 1. The number of hydrogen-bond acceptors (Lipinski definition) is 3. The number of carbonyl (C=O) groups is 1. The van der Waals surface area contributed by atoms with Crippen molar-refractivity contribution in [1.82, 2.24) is 10.3 Å². The van der Waals surface area contributed by atoms with E-state index in [1.54, 1.807) is 0 Å². The van der Waals surface area contributed by atoms with Crippen molar-refractivity contribution >= 4 is 40.8 Å². The summed E-state index contributed by atoms with van der Waals surface area (Å²) in [6.45, 7) is 0.524. The molecule has 1 aromatic rings. The van der Waals surface area contributed by atoms with E-state index in [1.165, 1.54) is 11.8 Å². The number of nitrogens with two attached hydrogens (primary N) is 1. The van der Waals surface area contributed by atoms with Crippen LogP contribution in [0.3, 0.4) is 0 Å². The van der Waals surface area contributed by atoms with E-state index in [-0.39, 0.29) is 0 Å². The molecule has 0 bridgehead atoms. The lowest BCUT2D eigenvalue weighted by Gasteiger charge is -2.17. The van der Waals surface area contributed by atoms with E-state index >= 15 is 0 Å². The molecule has 5 N–H and O–H groups in total. The number of carbonyl (C=O) groups excluding carboxylic acids is 1. The fourth-order valence-electron chi connectivity index (χ4n) is 1.54. The van der Waals surface area contributed by atoms with Crippen LogP contribution in [-0.2, 0) is 6.54 Å². The number of hydrogen-bond donors (Lipinski definition) is 4. The van der Waals surface area contributed by atoms with Gasteiger partial charge in [-0.25, -0.2) is 0 Å². The SMILES string of the molecule is CSc1[nH]c2c(c1C(N)=O)CNC(=S)N2. The number of aromatic nitrogens is 1. The quantitative estimate of drug-likeness (QED) is 0.452. The molecule has 0 aromatic carbocycles. The molecule has 2 heterocycles. The Bertz CT molecular complexity index is 440. The highest BCUT2D eigenvalue weighted by atomic mass is 32.2. The van der Waals surface area contributed by atoms with E-state index in [0.717, 1.165) is 16.4 Å². The summed E-state index contributed by atoms with van der Waals surface area (Å²) in [7, 11) is 0. The zero-order chi connectivity index (χ0) is 11.0. The Hall–Kier alpha value is -1.21. The minimum atomic E-state index is -0.423. The zero-order valence-electron chi connectivity index (χ0n) is 8.01. The molecule has 80 valence electrons. The van der Waals surface area contributed by atoms with E-state index < -0.39 is 5.91 Å². The van der Waals surface area contributed by atoms with Crippen molar-refractivity contribution in [2.24, 2.45) is 5.73 Å². The lowest BCUT2D eigenvalue weighted by Crippen LogP contribution is -2.33. The summed E-state index contributed by atoms with van der Waals surface area (Å²) >= 11 is 6.42. The third-order valence-corrected chi connectivity index (χ3v) is 3.14. The van der Waals surface area contributed by atoms with Gasteiger partial charge in [0.25, 0.3) is 5.91 Å². The van der Waals surface area contributed by atoms with Crippen molar-refractivity contribution in [2.75, 3.05) is 11.6 Å². The Morgan fingerprint density at radius 2 is 2.33 bits per heavy atom. The van der Waals surface area contributed by atoms with Crippen LogP contribution < -0.4 is 16.4 Å². The van der Waals surface area contributed by atoms with Gasteiger partial charge in [-0.05, 0) is 18.5 Å². The van der Waals surface area contributed by atoms with Crippen LogP contribution in [0.5, 0.6) is 0 Å². The number of H-pyrrole nitrogens is 1. The maximum absolute atomic E-state index is 11.3. The summed E-state index contributed by atoms with van der Waals surface area (Å²) in [5.74, 6) is 0.338. The third kappa shape index (κ3) is 1.68. The predicted octanol–water partition coefficient (Wildman–Crippen LogP) is 0.635. The third-order valence-electron chi connectivity index (χ3n) is 2.18. The number of primary amides is 1. The van der Waals surface area contributed by atoms with Gasteiger partial charge in [0.2, 0.25) is 0 Å². The molecule has 0 unspecified atom stereocenters. The van der Waals surface area contributed by atoms with Gasteiger partial charge in [-0.3, -0.25) is 4.79 Å². The molecular weight excluding hydrogens is 232 g/mol. The van der Waals surface area contributed by atoms with Gasteiger partial charge in [-0.1, -0.05) is 0 Å². The second-order valence-corrected chi connectivity index (χ2v) is 4.28. The van der Waals surface area contributed by atoms with Crippen LogP contribution in [0.25, 0.3) is 0 Å². The van der Waals surface area contributed by atoms with Crippen LogP contribution in [-0.4, -0.2) is 22.3 Å². The normalized spacial score (nSPS) is 14.1. The Kier molecular flexibility index (Phi) is 2.57. The summed E-state index contributed by atoms with van der Waals surface area (Å²) in [4.78, 5) is 14.4. The number of rotatable bonds is 2. The first kappa shape index (κ1) is 10.3. The van der Waals surface area contributed by atoms with Crippen molar-refractivity contribution < 1.29 is 4.79 Å². The van der Waals surface area contributed by atoms with Crippen LogP contribution in [0.4, 0.5) is 5.82 Å². The molecule has 0 fully saturated rings. The van der Waals surface area contributed by atoms with Gasteiger partial charge in [0.15, 0.2) is 5.11 Å². The molecule has 7 heteroatoms. The molecular formula is C8H10N4OS2. The fraction of sp³-hybridized carbons (Fsp3) is 0.250. The van der Waals surface area contributed by atoms with Crippen molar-refractivity contribution in [3.63, 3.8) is 0 Å². The topological polar surface area (TPSA) is 82.9 Å². The van der Waals surface area contributed by atoms with Gasteiger partial charge in [0.1, 0.15) is 5.82 Å². The number of fused-ring (bicyclic) bond motifs is 1. The Labute approximate surface area is 96.2 Å². The fourth-order valence-corrected chi connectivity index (χ4v) is 2.34. The summed E-state index contributed by atoms with van der Waals surface area (Å²) in [5.41, 5.74) is 6.72. The number of thioether (sulfide) groups is 1. The molecule has 0 aliphatic carbocycles. The van der Waals surface area contributed by atoms with Gasteiger partial charge in [0, 0.05) is 12.1 Å². The molecule has 5 nitrogen and oxygen atoms in total. The van der Waals surface area contributed by atoms with E-state index in [0.29, 0.717) is 17.2 Å². The first-order valence-corrected chi connectivity index (χ1v) is 5.90. The van der Waals surface area contributed by atoms with Crippen LogP contribution >= 0.6 is 24.0 Å². The van der Waals surface area contributed by atoms with Crippen molar-refractivity contribution in [3.05, 3.63) is 11.1 Å². The average molecular weight is 242 g/mol. The molecule has 0 spiro atoms. The van der Waals surface area contributed by atoms with Crippen molar-refractivity contribution in [3.8, 4) is 0 Å². The lowest BCUT2D eigenvalue weighted by molar-refractivity contribution is 0.0996. The molecule has 0 saturated carbocycles. The van der Waals surface area contributed by atoms with E-state index in [1.807, 2.05) is 6.26 Å².